The third-order valence-corrected chi connectivity index (χ3v) is 7.39. The van der Waals surface area contributed by atoms with Crippen LogP contribution < -0.4 is 9.47 Å². The number of hydrogen-bond acceptors (Lipinski definition) is 12. The number of non-ortho nitro benzene ring substituents is 1. The first-order valence-electron chi connectivity index (χ1n) is 18.4. The molecule has 0 bridgehead atoms. The molecule has 0 aromatic heterocycles. The minimum absolute atomic E-state index is 0.0276. The number of ether oxygens (including phenoxy) is 10. The van der Waals surface area contributed by atoms with E-state index in [1.165, 1.54) is 56.2 Å². The van der Waals surface area contributed by atoms with Crippen molar-refractivity contribution in [2.75, 3.05) is 119 Å². The average Bonchev–Trinajstić information content (AvgIpc) is 3.15. The van der Waals surface area contributed by atoms with Gasteiger partial charge in [-0.05, 0) is 42.7 Å². The standard InChI is InChI=1S/C38H61NO12/c1-2-3-4-5-6-7-8-35-9-13-37(14-10-35)50-33-31-48-29-27-46-25-23-44-21-19-42-17-18-43-20-22-45-24-26-47-28-30-49-32-34-51-38-15-11-36(12-16-38)39(40)41/h9-16H,2-8,17-34H2,1H3. The van der Waals surface area contributed by atoms with Gasteiger partial charge in [-0.3, -0.25) is 10.1 Å². The summed E-state index contributed by atoms with van der Waals surface area (Å²) in [6.07, 6.45) is 9.05. The molecule has 0 amide bonds. The van der Waals surface area contributed by atoms with Crippen molar-refractivity contribution in [1.29, 1.82) is 0 Å². The molecule has 0 aliphatic rings. The van der Waals surface area contributed by atoms with E-state index in [-0.39, 0.29) is 5.69 Å². The summed E-state index contributed by atoms with van der Waals surface area (Å²) < 4.78 is 55.2. The van der Waals surface area contributed by atoms with E-state index in [1.54, 1.807) is 12.1 Å². The van der Waals surface area contributed by atoms with Crippen molar-refractivity contribution in [3.8, 4) is 11.5 Å². The Bertz CT molecular complexity index is 1060. The summed E-state index contributed by atoms with van der Waals surface area (Å²) in [5.74, 6) is 1.44. The molecular formula is C38H61NO12. The molecule has 0 aliphatic heterocycles. The van der Waals surface area contributed by atoms with Crippen molar-refractivity contribution in [3.05, 3.63) is 64.2 Å². The van der Waals surface area contributed by atoms with Gasteiger partial charge in [0.2, 0.25) is 0 Å². The third kappa shape index (κ3) is 26.5. The number of aryl methyl sites for hydroxylation is 1. The van der Waals surface area contributed by atoms with Crippen molar-refractivity contribution >= 4 is 5.69 Å². The summed E-state index contributed by atoms with van der Waals surface area (Å²) in [5, 5.41) is 10.6. The molecule has 2 aromatic carbocycles. The maximum absolute atomic E-state index is 10.6. The highest BCUT2D eigenvalue weighted by atomic mass is 16.6. The van der Waals surface area contributed by atoms with E-state index in [0.29, 0.717) is 125 Å². The quantitative estimate of drug-likeness (QED) is 0.0454. The van der Waals surface area contributed by atoms with Gasteiger partial charge in [-0.15, -0.1) is 0 Å². The summed E-state index contributed by atoms with van der Waals surface area (Å²) >= 11 is 0. The molecule has 0 N–H and O–H groups in total. The fourth-order valence-electron chi connectivity index (χ4n) is 4.60. The molecule has 13 nitrogen and oxygen atoms in total. The predicted octanol–water partition coefficient (Wildman–Crippen LogP) is 6.09. The molecule has 0 fully saturated rings. The maximum atomic E-state index is 10.6. The lowest BCUT2D eigenvalue weighted by Crippen LogP contribution is -2.15. The summed E-state index contributed by atoms with van der Waals surface area (Å²) in [5.41, 5.74) is 1.40. The van der Waals surface area contributed by atoms with Crippen LogP contribution in [0.15, 0.2) is 48.5 Å². The van der Waals surface area contributed by atoms with Crippen LogP contribution in [0.4, 0.5) is 5.69 Å². The second-order valence-corrected chi connectivity index (χ2v) is 11.5. The molecule has 0 saturated heterocycles. The van der Waals surface area contributed by atoms with E-state index < -0.39 is 4.92 Å². The number of nitrogens with zero attached hydrogens (tertiary/aromatic N) is 1. The molecule has 2 aromatic rings. The summed E-state index contributed by atoms with van der Waals surface area (Å²) in [7, 11) is 0. The van der Waals surface area contributed by atoms with E-state index in [4.69, 9.17) is 47.4 Å². The Kier molecular flexibility index (Phi) is 28.6. The van der Waals surface area contributed by atoms with Gasteiger partial charge in [0, 0.05) is 12.1 Å². The van der Waals surface area contributed by atoms with Crippen LogP contribution in [0.5, 0.6) is 11.5 Å². The van der Waals surface area contributed by atoms with Crippen LogP contribution in [0, 0.1) is 10.1 Å². The van der Waals surface area contributed by atoms with Crippen LogP contribution in [0.1, 0.15) is 51.0 Å². The van der Waals surface area contributed by atoms with Gasteiger partial charge in [-0.2, -0.15) is 0 Å². The third-order valence-electron chi connectivity index (χ3n) is 7.39. The fourth-order valence-corrected chi connectivity index (χ4v) is 4.60. The minimum Gasteiger partial charge on any atom is -0.491 e. The van der Waals surface area contributed by atoms with Crippen molar-refractivity contribution < 1.29 is 52.3 Å². The highest BCUT2D eigenvalue weighted by Crippen LogP contribution is 2.17. The zero-order chi connectivity index (χ0) is 36.3. The number of benzene rings is 2. The largest absolute Gasteiger partial charge is 0.491 e. The van der Waals surface area contributed by atoms with Gasteiger partial charge < -0.3 is 47.4 Å². The lowest BCUT2D eigenvalue weighted by molar-refractivity contribution is -0.384. The Morgan fingerprint density at radius 1 is 0.431 bits per heavy atom. The van der Waals surface area contributed by atoms with Gasteiger partial charge in [0.15, 0.2) is 0 Å². The number of hydrogen-bond donors (Lipinski definition) is 0. The number of unbranched alkanes of at least 4 members (excludes halogenated alkanes) is 5. The van der Waals surface area contributed by atoms with Crippen LogP contribution in [-0.4, -0.2) is 124 Å². The van der Waals surface area contributed by atoms with Gasteiger partial charge in [-0.1, -0.05) is 51.2 Å². The first-order chi connectivity index (χ1) is 25.2. The summed E-state index contributed by atoms with van der Waals surface area (Å²) in [6, 6.07) is 14.3. The molecule has 2 rings (SSSR count). The van der Waals surface area contributed by atoms with E-state index in [0.717, 1.165) is 12.2 Å². The monoisotopic (exact) mass is 723 g/mol. The zero-order valence-corrected chi connectivity index (χ0v) is 30.6. The molecular weight excluding hydrogens is 662 g/mol. The maximum Gasteiger partial charge on any atom is 0.269 e. The smallest absolute Gasteiger partial charge is 0.269 e. The Labute approximate surface area is 304 Å². The molecule has 0 heterocycles. The second-order valence-electron chi connectivity index (χ2n) is 11.5. The van der Waals surface area contributed by atoms with E-state index in [1.807, 2.05) is 12.1 Å². The summed E-state index contributed by atoms with van der Waals surface area (Å²) in [4.78, 5) is 10.2. The average molecular weight is 724 g/mol. The Morgan fingerprint density at radius 2 is 0.745 bits per heavy atom. The first-order valence-corrected chi connectivity index (χ1v) is 18.4. The van der Waals surface area contributed by atoms with Crippen molar-refractivity contribution in [2.45, 2.75) is 51.9 Å². The van der Waals surface area contributed by atoms with Gasteiger partial charge >= 0.3 is 0 Å². The van der Waals surface area contributed by atoms with Crippen LogP contribution in [0.25, 0.3) is 0 Å². The van der Waals surface area contributed by atoms with Crippen molar-refractivity contribution in [2.24, 2.45) is 0 Å². The molecule has 0 spiro atoms. The first kappa shape index (κ1) is 44.3. The normalized spacial score (nSPS) is 11.2. The predicted molar refractivity (Wildman–Crippen MR) is 194 cm³/mol. The SMILES string of the molecule is CCCCCCCCc1ccc(OCCOCCOCCOCCOCCOCCOCCOCCOCCOc2ccc([N+](=O)[O-])cc2)cc1. The molecule has 13 heteroatoms. The molecule has 51 heavy (non-hydrogen) atoms. The molecule has 0 saturated carbocycles. The minimum atomic E-state index is -0.449. The van der Waals surface area contributed by atoms with E-state index in [9.17, 15) is 10.1 Å². The topological polar surface area (TPSA) is 135 Å². The van der Waals surface area contributed by atoms with Crippen LogP contribution in [-0.2, 0) is 44.3 Å². The Balaban J connectivity index is 1.20. The Hall–Kier alpha value is -2.88. The molecule has 0 radical (unpaired) electrons. The number of nitro groups is 1. The van der Waals surface area contributed by atoms with E-state index >= 15 is 0 Å². The Morgan fingerprint density at radius 3 is 1.10 bits per heavy atom. The van der Waals surface area contributed by atoms with Crippen molar-refractivity contribution in [1.82, 2.24) is 0 Å². The lowest BCUT2D eigenvalue weighted by atomic mass is 10.0. The van der Waals surface area contributed by atoms with Gasteiger partial charge in [-0.25, -0.2) is 0 Å². The van der Waals surface area contributed by atoms with E-state index in [2.05, 4.69) is 19.1 Å². The second kappa shape index (κ2) is 33.0. The van der Waals surface area contributed by atoms with Gasteiger partial charge in [0.1, 0.15) is 24.7 Å². The van der Waals surface area contributed by atoms with Gasteiger partial charge in [0.05, 0.1) is 111 Å². The van der Waals surface area contributed by atoms with Crippen molar-refractivity contribution in [3.63, 3.8) is 0 Å². The number of nitro benzene ring substituents is 1. The molecule has 290 valence electrons. The van der Waals surface area contributed by atoms with Gasteiger partial charge in [0.25, 0.3) is 5.69 Å². The fraction of sp³-hybridized carbons (Fsp3) is 0.684. The highest BCUT2D eigenvalue weighted by Gasteiger charge is 2.04. The molecule has 0 unspecified atom stereocenters. The molecule has 0 atom stereocenters. The number of rotatable bonds is 37. The van der Waals surface area contributed by atoms with Crippen LogP contribution >= 0.6 is 0 Å². The zero-order valence-electron chi connectivity index (χ0n) is 30.6. The highest BCUT2D eigenvalue weighted by molar-refractivity contribution is 5.35. The van der Waals surface area contributed by atoms with Crippen LogP contribution in [0.2, 0.25) is 0 Å². The van der Waals surface area contributed by atoms with Crippen LogP contribution in [0.3, 0.4) is 0 Å². The summed E-state index contributed by atoms with van der Waals surface area (Å²) in [6.45, 7) is 10.9. The lowest BCUT2D eigenvalue weighted by Gasteiger charge is -2.09. The molecule has 0 aliphatic carbocycles.